The van der Waals surface area contributed by atoms with Crippen molar-refractivity contribution in [2.45, 2.75) is 20.8 Å². The van der Waals surface area contributed by atoms with Crippen molar-refractivity contribution >= 4 is 39.4 Å². The third kappa shape index (κ3) is 3.41. The van der Waals surface area contributed by atoms with Crippen molar-refractivity contribution in [3.05, 3.63) is 65.5 Å². The van der Waals surface area contributed by atoms with Gasteiger partial charge in [0, 0.05) is 42.3 Å². The number of nitrogens with zero attached hydrogens (tertiary/aromatic N) is 5. The van der Waals surface area contributed by atoms with Gasteiger partial charge in [0.2, 0.25) is 5.95 Å². The molecule has 2 aromatic carbocycles. The maximum Gasteiger partial charge on any atom is 0.222 e. The van der Waals surface area contributed by atoms with E-state index in [0.29, 0.717) is 5.95 Å². The molecule has 7 nitrogen and oxygen atoms in total. The van der Waals surface area contributed by atoms with Crippen molar-refractivity contribution in [3.63, 3.8) is 0 Å². The summed E-state index contributed by atoms with van der Waals surface area (Å²) in [6.45, 7) is 6.20. The third-order valence-corrected chi connectivity index (χ3v) is 5.65. The molecule has 5 aromatic rings. The van der Waals surface area contributed by atoms with Crippen LogP contribution in [0.25, 0.3) is 32.9 Å². The lowest BCUT2D eigenvalue weighted by Gasteiger charge is -2.11. The van der Waals surface area contributed by atoms with E-state index in [9.17, 15) is 0 Å². The summed E-state index contributed by atoms with van der Waals surface area (Å²) in [5, 5.41) is 13.2. The van der Waals surface area contributed by atoms with Crippen LogP contribution in [-0.4, -0.2) is 31.8 Å². The normalized spacial score (nSPS) is 11.3. The van der Waals surface area contributed by atoms with Gasteiger partial charge in [0.05, 0.1) is 11.0 Å². The van der Waals surface area contributed by atoms with Crippen LogP contribution in [0.4, 0.5) is 17.6 Å². The van der Waals surface area contributed by atoms with Crippen LogP contribution in [-0.2, 0) is 7.05 Å². The molecule has 160 valence electrons. The van der Waals surface area contributed by atoms with Crippen LogP contribution in [0.15, 0.2) is 48.7 Å². The minimum atomic E-state index is 0.617. The van der Waals surface area contributed by atoms with E-state index < -0.39 is 0 Å². The minimum absolute atomic E-state index is 0.617. The molecule has 2 N–H and O–H groups in total. The van der Waals surface area contributed by atoms with Crippen LogP contribution in [0.5, 0.6) is 0 Å². The van der Waals surface area contributed by atoms with Crippen LogP contribution in [0, 0.1) is 20.8 Å². The number of aromatic nitrogens is 5. The van der Waals surface area contributed by atoms with Gasteiger partial charge in [-0.1, -0.05) is 12.1 Å². The number of aryl methyl sites for hydroxylation is 4. The second-order valence-electron chi connectivity index (χ2n) is 8.14. The number of hydrogen-bond donors (Lipinski definition) is 2. The van der Waals surface area contributed by atoms with Gasteiger partial charge in [0.1, 0.15) is 5.82 Å². The fourth-order valence-electron chi connectivity index (χ4n) is 4.27. The van der Waals surface area contributed by atoms with E-state index in [1.807, 2.05) is 44.0 Å². The standard InChI is InChI=1S/C25H25N7/c1-14-10-16(3)28-21(11-14)30-24-19-8-6-15(2)22(23(19)32(5)31-24)17-7-9-20-18(12-17)13-27-25(26-4)29-20/h6-13H,1-5H3,(H,26,27,29)(H,28,30,31). The molecule has 0 aliphatic carbocycles. The quantitative estimate of drug-likeness (QED) is 0.409. The SMILES string of the molecule is CNc1ncc2cc(-c3c(C)ccc4c(Nc5cc(C)cc(C)n5)nn(C)c34)ccc2n1. The number of benzene rings is 2. The zero-order valence-electron chi connectivity index (χ0n) is 18.9. The summed E-state index contributed by atoms with van der Waals surface area (Å²) in [5.74, 6) is 2.21. The monoisotopic (exact) mass is 423 g/mol. The molecule has 0 aliphatic heterocycles. The summed E-state index contributed by atoms with van der Waals surface area (Å²) >= 11 is 0. The van der Waals surface area contributed by atoms with E-state index in [1.165, 1.54) is 5.56 Å². The Morgan fingerprint density at radius 1 is 0.938 bits per heavy atom. The summed E-state index contributed by atoms with van der Waals surface area (Å²) in [6, 6.07) is 14.7. The van der Waals surface area contributed by atoms with E-state index in [2.05, 4.69) is 69.8 Å². The van der Waals surface area contributed by atoms with Gasteiger partial charge >= 0.3 is 0 Å². The Bertz CT molecular complexity index is 1460. The first-order valence-electron chi connectivity index (χ1n) is 10.6. The lowest BCUT2D eigenvalue weighted by molar-refractivity contribution is 0.801. The lowest BCUT2D eigenvalue weighted by atomic mass is 9.96. The van der Waals surface area contributed by atoms with Gasteiger partial charge in [0.15, 0.2) is 5.82 Å². The zero-order valence-corrected chi connectivity index (χ0v) is 18.9. The first-order chi connectivity index (χ1) is 15.4. The van der Waals surface area contributed by atoms with Gasteiger partial charge in [-0.15, -0.1) is 0 Å². The van der Waals surface area contributed by atoms with Gasteiger partial charge in [-0.25, -0.2) is 15.0 Å². The first kappa shape index (κ1) is 19.9. The predicted molar refractivity (Wildman–Crippen MR) is 131 cm³/mol. The number of pyridine rings is 1. The molecule has 0 aliphatic rings. The van der Waals surface area contributed by atoms with Gasteiger partial charge in [-0.2, -0.15) is 5.10 Å². The largest absolute Gasteiger partial charge is 0.357 e. The molecule has 32 heavy (non-hydrogen) atoms. The van der Waals surface area contributed by atoms with Gasteiger partial charge in [-0.05, 0) is 67.8 Å². The van der Waals surface area contributed by atoms with Gasteiger partial charge in [0.25, 0.3) is 0 Å². The smallest absolute Gasteiger partial charge is 0.222 e. The van der Waals surface area contributed by atoms with Crippen LogP contribution < -0.4 is 10.6 Å². The molecule has 7 heteroatoms. The lowest BCUT2D eigenvalue weighted by Crippen LogP contribution is -1.98. The van der Waals surface area contributed by atoms with Gasteiger partial charge in [-0.3, -0.25) is 4.68 Å². The molecule has 0 spiro atoms. The van der Waals surface area contributed by atoms with Crippen LogP contribution in [0.1, 0.15) is 16.8 Å². The minimum Gasteiger partial charge on any atom is -0.357 e. The summed E-state index contributed by atoms with van der Waals surface area (Å²) in [6.07, 6.45) is 1.86. The Balaban J connectivity index is 1.65. The molecule has 0 bridgehead atoms. The molecule has 0 atom stereocenters. The predicted octanol–water partition coefficient (Wildman–Crippen LogP) is 5.29. The molecule has 3 aromatic heterocycles. The molecule has 0 unspecified atom stereocenters. The molecule has 0 amide bonds. The second kappa shape index (κ2) is 7.60. The number of nitrogens with one attached hydrogen (secondary N) is 2. The van der Waals surface area contributed by atoms with Crippen molar-refractivity contribution in [1.29, 1.82) is 0 Å². The maximum atomic E-state index is 4.79. The molecular weight excluding hydrogens is 398 g/mol. The average molecular weight is 424 g/mol. The van der Waals surface area contributed by atoms with E-state index in [-0.39, 0.29) is 0 Å². The van der Waals surface area contributed by atoms with E-state index in [1.54, 1.807) is 0 Å². The fraction of sp³-hybridized carbons (Fsp3) is 0.200. The average Bonchev–Trinajstić information content (AvgIpc) is 3.07. The van der Waals surface area contributed by atoms with Crippen LogP contribution >= 0.6 is 0 Å². The number of fused-ring (bicyclic) bond motifs is 2. The van der Waals surface area contributed by atoms with Gasteiger partial charge < -0.3 is 10.6 Å². The molecule has 0 saturated heterocycles. The van der Waals surface area contributed by atoms with Crippen molar-refractivity contribution < 1.29 is 0 Å². The molecule has 3 heterocycles. The first-order valence-corrected chi connectivity index (χ1v) is 10.6. The third-order valence-electron chi connectivity index (χ3n) is 5.65. The highest BCUT2D eigenvalue weighted by atomic mass is 15.3. The zero-order chi connectivity index (χ0) is 22.4. The molecule has 0 saturated carbocycles. The Labute approximate surface area is 186 Å². The maximum absolute atomic E-state index is 4.79. The summed E-state index contributed by atoms with van der Waals surface area (Å²) < 4.78 is 1.94. The number of hydrogen-bond acceptors (Lipinski definition) is 6. The highest BCUT2D eigenvalue weighted by Gasteiger charge is 2.17. The van der Waals surface area contributed by atoms with Crippen LogP contribution in [0.3, 0.4) is 0 Å². The Hall–Kier alpha value is -4.00. The van der Waals surface area contributed by atoms with E-state index in [0.717, 1.165) is 55.8 Å². The summed E-state index contributed by atoms with van der Waals surface area (Å²) in [5.41, 5.74) is 7.57. The highest BCUT2D eigenvalue weighted by Crippen LogP contribution is 2.36. The van der Waals surface area contributed by atoms with Crippen molar-refractivity contribution in [2.75, 3.05) is 17.7 Å². The molecule has 0 fully saturated rings. The van der Waals surface area contributed by atoms with Crippen molar-refractivity contribution in [1.82, 2.24) is 24.7 Å². The fourth-order valence-corrected chi connectivity index (χ4v) is 4.27. The topological polar surface area (TPSA) is 80.5 Å². The number of rotatable bonds is 4. The Morgan fingerprint density at radius 3 is 2.56 bits per heavy atom. The second-order valence-corrected chi connectivity index (χ2v) is 8.14. The molecular formula is C25H25N7. The molecule has 0 radical (unpaired) electrons. The summed E-state index contributed by atoms with van der Waals surface area (Å²) in [7, 11) is 3.80. The van der Waals surface area contributed by atoms with Crippen molar-refractivity contribution in [2.24, 2.45) is 7.05 Å². The Kier molecular flexibility index (Phi) is 4.74. The van der Waals surface area contributed by atoms with E-state index in [4.69, 9.17) is 5.10 Å². The molecule has 5 rings (SSSR count). The Morgan fingerprint density at radius 2 is 1.78 bits per heavy atom. The van der Waals surface area contributed by atoms with E-state index >= 15 is 0 Å². The number of anilines is 3. The van der Waals surface area contributed by atoms with Crippen molar-refractivity contribution in [3.8, 4) is 11.1 Å². The summed E-state index contributed by atoms with van der Waals surface area (Å²) in [4.78, 5) is 13.5. The highest BCUT2D eigenvalue weighted by molar-refractivity contribution is 6.03. The van der Waals surface area contributed by atoms with Crippen LogP contribution in [0.2, 0.25) is 0 Å².